The Morgan fingerprint density at radius 1 is 1.16 bits per heavy atom. The van der Waals surface area contributed by atoms with Gasteiger partial charge in [-0.25, -0.2) is 15.8 Å². The van der Waals surface area contributed by atoms with Crippen molar-refractivity contribution in [2.75, 3.05) is 23.4 Å². The minimum Gasteiger partial charge on any atom is -0.368 e. The third-order valence-corrected chi connectivity index (χ3v) is 2.36. The summed E-state index contributed by atoms with van der Waals surface area (Å²) in [5.74, 6) is 5.38. The quantitative estimate of drug-likeness (QED) is 0.348. The van der Waals surface area contributed by atoms with E-state index in [1.165, 1.54) is 4.90 Å². The number of nitrogen functional groups attached to an aromatic ring is 1. The number of hydrazine groups is 1. The molecular formula is C10H17N7O2. The number of carbonyl (C=O) groups is 2. The Labute approximate surface area is 110 Å². The minimum absolute atomic E-state index is 0.176. The molecule has 1 heterocycles. The first-order valence-electron chi connectivity index (χ1n) is 5.48. The molecule has 0 saturated heterocycles. The molecule has 19 heavy (non-hydrogen) atoms. The molecule has 104 valence electrons. The molecule has 0 aliphatic heterocycles. The maximum atomic E-state index is 11.1. The highest BCUT2D eigenvalue weighted by Gasteiger charge is 2.18. The van der Waals surface area contributed by atoms with Crippen LogP contribution in [0.15, 0.2) is 0 Å². The number of nitrogens with one attached hydrogen (secondary N) is 1. The molecule has 0 radical (unpaired) electrons. The highest BCUT2D eigenvalue weighted by atomic mass is 16.2. The lowest BCUT2D eigenvalue weighted by Crippen LogP contribution is -2.40. The van der Waals surface area contributed by atoms with Crippen LogP contribution in [0.1, 0.15) is 11.4 Å². The lowest BCUT2D eigenvalue weighted by atomic mass is 10.2. The third-order valence-electron chi connectivity index (χ3n) is 2.36. The van der Waals surface area contributed by atoms with Crippen molar-refractivity contribution >= 4 is 23.5 Å². The number of aryl methyl sites for hydroxylation is 1. The van der Waals surface area contributed by atoms with E-state index in [2.05, 4.69) is 15.4 Å². The molecular weight excluding hydrogens is 250 g/mol. The first-order valence-corrected chi connectivity index (χ1v) is 5.48. The van der Waals surface area contributed by atoms with Gasteiger partial charge in [-0.2, -0.15) is 0 Å². The SMILES string of the molecule is Cc1nc(NN)c(C)c(N(CC(N)=O)CC(N)=O)n1. The maximum Gasteiger partial charge on any atom is 0.237 e. The Balaban J connectivity index is 3.24. The van der Waals surface area contributed by atoms with Gasteiger partial charge in [0.15, 0.2) is 0 Å². The lowest BCUT2D eigenvalue weighted by Gasteiger charge is -2.23. The number of nitrogens with two attached hydrogens (primary N) is 3. The predicted octanol–water partition coefficient (Wildman–Crippen LogP) is -1.84. The van der Waals surface area contributed by atoms with Gasteiger partial charge in [0.2, 0.25) is 11.8 Å². The van der Waals surface area contributed by atoms with Gasteiger partial charge in [0.1, 0.15) is 17.5 Å². The summed E-state index contributed by atoms with van der Waals surface area (Å²) in [6, 6.07) is 0. The molecule has 7 N–H and O–H groups in total. The monoisotopic (exact) mass is 267 g/mol. The summed E-state index contributed by atoms with van der Waals surface area (Å²) in [6.07, 6.45) is 0. The summed E-state index contributed by atoms with van der Waals surface area (Å²) in [5, 5.41) is 0. The van der Waals surface area contributed by atoms with E-state index in [4.69, 9.17) is 17.3 Å². The molecule has 1 aromatic heterocycles. The van der Waals surface area contributed by atoms with Crippen LogP contribution in [-0.4, -0.2) is 34.9 Å². The number of nitrogens with zero attached hydrogens (tertiary/aromatic N) is 3. The van der Waals surface area contributed by atoms with Crippen molar-refractivity contribution in [2.24, 2.45) is 17.3 Å². The largest absolute Gasteiger partial charge is 0.368 e. The summed E-state index contributed by atoms with van der Waals surface area (Å²) in [6.45, 7) is 3.02. The van der Waals surface area contributed by atoms with Crippen molar-refractivity contribution in [1.82, 2.24) is 9.97 Å². The molecule has 0 aliphatic carbocycles. The molecule has 2 amide bonds. The van der Waals surface area contributed by atoms with Crippen molar-refractivity contribution in [1.29, 1.82) is 0 Å². The average Bonchev–Trinajstić information content (AvgIpc) is 2.29. The number of aromatic nitrogens is 2. The van der Waals surface area contributed by atoms with Crippen LogP contribution in [0.4, 0.5) is 11.6 Å². The van der Waals surface area contributed by atoms with Gasteiger partial charge in [0.05, 0.1) is 13.1 Å². The van der Waals surface area contributed by atoms with E-state index in [9.17, 15) is 9.59 Å². The van der Waals surface area contributed by atoms with Crippen LogP contribution in [0.5, 0.6) is 0 Å². The molecule has 9 heteroatoms. The zero-order valence-electron chi connectivity index (χ0n) is 10.8. The molecule has 0 spiro atoms. The minimum atomic E-state index is -0.598. The molecule has 0 saturated carbocycles. The molecule has 0 aromatic carbocycles. The van der Waals surface area contributed by atoms with E-state index in [0.717, 1.165) is 0 Å². The van der Waals surface area contributed by atoms with E-state index in [1.54, 1.807) is 13.8 Å². The van der Waals surface area contributed by atoms with Crippen LogP contribution in [0, 0.1) is 13.8 Å². The van der Waals surface area contributed by atoms with Gasteiger partial charge in [-0.3, -0.25) is 9.59 Å². The van der Waals surface area contributed by atoms with Gasteiger partial charge in [-0.15, -0.1) is 0 Å². The number of carbonyl (C=O) groups excluding carboxylic acids is 2. The van der Waals surface area contributed by atoms with E-state index in [1.807, 2.05) is 0 Å². The second kappa shape index (κ2) is 5.96. The van der Waals surface area contributed by atoms with Crippen molar-refractivity contribution in [3.8, 4) is 0 Å². The number of hydrogen-bond acceptors (Lipinski definition) is 7. The molecule has 0 atom stereocenters. The Kier molecular flexibility index (Phi) is 4.59. The second-order valence-electron chi connectivity index (χ2n) is 4.00. The van der Waals surface area contributed by atoms with Gasteiger partial charge in [0, 0.05) is 5.56 Å². The fourth-order valence-corrected chi connectivity index (χ4v) is 1.64. The van der Waals surface area contributed by atoms with Crippen molar-refractivity contribution < 1.29 is 9.59 Å². The summed E-state index contributed by atoms with van der Waals surface area (Å²) in [4.78, 5) is 31.8. The molecule has 0 unspecified atom stereocenters. The summed E-state index contributed by atoms with van der Waals surface area (Å²) < 4.78 is 0. The number of rotatable bonds is 6. The summed E-state index contributed by atoms with van der Waals surface area (Å²) in [7, 11) is 0. The van der Waals surface area contributed by atoms with Crippen molar-refractivity contribution in [2.45, 2.75) is 13.8 Å². The molecule has 0 aliphatic rings. The summed E-state index contributed by atoms with van der Waals surface area (Å²) in [5.41, 5.74) is 13.3. The highest BCUT2D eigenvalue weighted by Crippen LogP contribution is 2.22. The van der Waals surface area contributed by atoms with E-state index in [-0.39, 0.29) is 13.1 Å². The van der Waals surface area contributed by atoms with Crippen molar-refractivity contribution in [3.05, 3.63) is 11.4 Å². The fourth-order valence-electron chi connectivity index (χ4n) is 1.64. The van der Waals surface area contributed by atoms with Crippen LogP contribution < -0.4 is 27.6 Å². The second-order valence-corrected chi connectivity index (χ2v) is 4.00. The third kappa shape index (κ3) is 3.78. The maximum absolute atomic E-state index is 11.1. The van der Waals surface area contributed by atoms with Crippen LogP contribution in [0.25, 0.3) is 0 Å². The molecule has 1 rings (SSSR count). The van der Waals surface area contributed by atoms with Gasteiger partial charge < -0.3 is 21.8 Å². The van der Waals surface area contributed by atoms with Gasteiger partial charge >= 0.3 is 0 Å². The van der Waals surface area contributed by atoms with Crippen LogP contribution in [0.3, 0.4) is 0 Å². The van der Waals surface area contributed by atoms with Crippen LogP contribution >= 0.6 is 0 Å². The lowest BCUT2D eigenvalue weighted by molar-refractivity contribution is -0.117. The van der Waals surface area contributed by atoms with E-state index >= 15 is 0 Å². The number of primary amides is 2. The average molecular weight is 267 g/mol. The Morgan fingerprint density at radius 3 is 2.11 bits per heavy atom. The van der Waals surface area contributed by atoms with Crippen molar-refractivity contribution in [3.63, 3.8) is 0 Å². The number of anilines is 2. The number of hydrogen-bond donors (Lipinski definition) is 4. The predicted molar refractivity (Wildman–Crippen MR) is 69.9 cm³/mol. The Hall–Kier alpha value is -2.42. The molecule has 9 nitrogen and oxygen atoms in total. The summed E-state index contributed by atoms with van der Waals surface area (Å²) >= 11 is 0. The van der Waals surface area contributed by atoms with E-state index < -0.39 is 11.8 Å². The first-order chi connectivity index (χ1) is 8.85. The normalized spacial score (nSPS) is 10.1. The van der Waals surface area contributed by atoms with Gasteiger partial charge in [-0.05, 0) is 13.8 Å². The van der Waals surface area contributed by atoms with Crippen LogP contribution in [0.2, 0.25) is 0 Å². The highest BCUT2D eigenvalue weighted by molar-refractivity contribution is 5.85. The topological polar surface area (TPSA) is 153 Å². The standard InChI is InChI=1S/C10H17N7O2/c1-5-9(16-13)14-6(2)15-10(5)17(3-7(11)18)4-8(12)19/h3-4,13H2,1-2H3,(H2,11,18)(H2,12,19)(H,14,15,16). The van der Waals surface area contributed by atoms with Crippen LogP contribution in [-0.2, 0) is 9.59 Å². The Morgan fingerprint density at radius 2 is 1.68 bits per heavy atom. The zero-order valence-corrected chi connectivity index (χ0v) is 10.8. The fraction of sp³-hybridized carbons (Fsp3) is 0.400. The smallest absolute Gasteiger partial charge is 0.237 e. The van der Waals surface area contributed by atoms with Gasteiger partial charge in [0.25, 0.3) is 0 Å². The van der Waals surface area contributed by atoms with E-state index in [0.29, 0.717) is 23.0 Å². The van der Waals surface area contributed by atoms with Gasteiger partial charge in [-0.1, -0.05) is 0 Å². The zero-order chi connectivity index (χ0) is 14.6. The number of amides is 2. The first kappa shape index (κ1) is 14.6. The molecule has 1 aromatic rings. The molecule has 0 fully saturated rings. The Bertz CT molecular complexity index is 487. The molecule has 0 bridgehead atoms.